The lowest BCUT2D eigenvalue weighted by Crippen LogP contribution is -2.74. The number of hydrogen-bond acceptors (Lipinski definition) is 1. The Labute approximate surface area is 152 Å². The summed E-state index contributed by atoms with van der Waals surface area (Å²) in [4.78, 5) is 0. The van der Waals surface area contributed by atoms with E-state index in [2.05, 4.69) is 4.74 Å². The van der Waals surface area contributed by atoms with Gasteiger partial charge in [-0.2, -0.15) is 70.2 Å². The zero-order valence-corrected chi connectivity index (χ0v) is 13.5. The maximum absolute atomic E-state index is 13.2. The maximum Gasteiger partial charge on any atom is 0.384 e. The van der Waals surface area contributed by atoms with Gasteiger partial charge >= 0.3 is 54.0 Å². The molecule has 0 spiro atoms. The van der Waals surface area contributed by atoms with Crippen LogP contribution in [0.25, 0.3) is 0 Å². The van der Waals surface area contributed by atoms with Crippen LogP contribution in [0.3, 0.4) is 0 Å². The molecule has 0 bridgehead atoms. The Bertz CT molecular complexity index is 602. The Morgan fingerprint density at radius 2 is 0.833 bits per heavy atom. The van der Waals surface area contributed by atoms with Crippen LogP contribution in [0, 0.1) is 0 Å². The summed E-state index contributed by atoms with van der Waals surface area (Å²) in [5.74, 6) is -56.1. The first kappa shape index (κ1) is 28.7. The Balaban J connectivity index is 6.46. The average Bonchev–Trinajstić information content (AvgIpc) is 2.51. The lowest BCUT2D eigenvalue weighted by atomic mass is 9.89. The van der Waals surface area contributed by atoms with Crippen molar-refractivity contribution in [3.63, 3.8) is 0 Å². The molecule has 0 saturated carbocycles. The molecule has 0 atom stereocenters. The van der Waals surface area contributed by atoms with E-state index in [4.69, 9.17) is 0 Å². The molecule has 0 amide bonds. The van der Waals surface area contributed by atoms with Crippen molar-refractivity contribution in [1.82, 2.24) is 0 Å². The summed E-state index contributed by atoms with van der Waals surface area (Å²) in [7, 11) is 0. The van der Waals surface area contributed by atoms with Crippen LogP contribution in [0.4, 0.5) is 79.0 Å². The molecular weight excluding hydrogens is 490 g/mol. The predicted molar refractivity (Wildman–Crippen MR) is 57.2 cm³/mol. The highest BCUT2D eigenvalue weighted by molar-refractivity contribution is 5.14. The van der Waals surface area contributed by atoms with E-state index in [1.165, 1.54) is 0 Å². The van der Waals surface area contributed by atoms with E-state index in [0.29, 0.717) is 0 Å². The summed E-state index contributed by atoms with van der Waals surface area (Å²) in [6, 6.07) is 0. The van der Waals surface area contributed by atoms with Gasteiger partial charge in [-0.3, -0.25) is 0 Å². The predicted octanol–water partition coefficient (Wildman–Crippen LogP) is 6.33. The molecule has 0 aromatic carbocycles. The Morgan fingerprint density at radius 1 is 0.533 bits per heavy atom. The van der Waals surface area contributed by atoms with Gasteiger partial charge in [0, 0.05) is 6.92 Å². The minimum Gasteiger partial charge on any atom is -0.314 e. The van der Waals surface area contributed by atoms with E-state index in [1.807, 2.05) is 0 Å². The second kappa shape index (κ2) is 7.39. The summed E-state index contributed by atoms with van der Waals surface area (Å²) in [5.41, 5.74) is 0. The van der Waals surface area contributed by atoms with Crippen molar-refractivity contribution in [3.05, 3.63) is 0 Å². The molecule has 0 saturated heterocycles. The maximum atomic E-state index is 13.2. The topological polar surface area (TPSA) is 9.23 Å². The summed E-state index contributed by atoms with van der Waals surface area (Å²) >= 11 is 0. The molecule has 182 valence electrons. The highest BCUT2D eigenvalue weighted by Gasteiger charge is 2.93. The number of rotatable bonds is 10. The van der Waals surface area contributed by atoms with Crippen LogP contribution in [0.1, 0.15) is 6.92 Å². The number of ether oxygens (including phenoxy) is 1. The molecule has 0 aromatic heterocycles. The Morgan fingerprint density at radius 3 is 1.13 bits per heavy atom. The fraction of sp³-hybridized carbons (Fsp3) is 1.00. The van der Waals surface area contributed by atoms with E-state index in [9.17, 15) is 79.0 Å². The lowest BCUT2D eigenvalue weighted by Gasteiger charge is -2.42. The van der Waals surface area contributed by atoms with Crippen molar-refractivity contribution < 1.29 is 83.8 Å². The fourth-order valence-corrected chi connectivity index (χ4v) is 1.48. The molecule has 0 radical (unpaired) electrons. The second-order valence-corrected chi connectivity index (χ2v) is 5.60. The molecular formula is C11H6F18O. The zero-order chi connectivity index (χ0) is 25.0. The van der Waals surface area contributed by atoms with Crippen molar-refractivity contribution in [2.45, 2.75) is 60.9 Å². The van der Waals surface area contributed by atoms with Crippen LogP contribution in [0.15, 0.2) is 0 Å². The normalized spacial score (nSPS) is 16.4. The summed E-state index contributed by atoms with van der Waals surface area (Å²) in [6.45, 7) is -4.04. The highest BCUT2D eigenvalue weighted by atomic mass is 19.4. The molecule has 0 aliphatic carbocycles. The van der Waals surface area contributed by atoms with E-state index in [1.54, 1.807) is 0 Å². The molecule has 0 rings (SSSR count). The SMILES string of the molecule is CC(F)(F)OCC(F)(F)C(F)(F)C(F)(F)C(F)(F)C(F)(F)C(F)(F)C(F)(F)C(F)F. The molecule has 0 aliphatic rings. The molecule has 30 heavy (non-hydrogen) atoms. The van der Waals surface area contributed by atoms with Crippen LogP contribution < -0.4 is 0 Å². The van der Waals surface area contributed by atoms with Gasteiger partial charge in [-0.05, 0) is 0 Å². The number of hydrogen-bond donors (Lipinski definition) is 0. The molecule has 0 aliphatic heterocycles. The largest absolute Gasteiger partial charge is 0.384 e. The van der Waals surface area contributed by atoms with Crippen LogP contribution >= 0.6 is 0 Å². The van der Waals surface area contributed by atoms with E-state index < -0.39 is 67.5 Å². The summed E-state index contributed by atoms with van der Waals surface area (Å²) in [5, 5.41) is 0. The van der Waals surface area contributed by atoms with Gasteiger partial charge in [-0.15, -0.1) is 0 Å². The van der Waals surface area contributed by atoms with Gasteiger partial charge in [-0.25, -0.2) is 8.78 Å². The van der Waals surface area contributed by atoms with Gasteiger partial charge in [0.25, 0.3) is 0 Å². The standard InChI is InChI=1S/C11H6F18O/c1-4(14,15)30-2-5(16,17)7(20,21)9(24,25)11(28,29)10(26,27)8(22,23)6(18,19)3(12)13/h3H,2H2,1H3. The number of halogens is 18. The van der Waals surface area contributed by atoms with Crippen molar-refractivity contribution in [1.29, 1.82) is 0 Å². The third kappa shape index (κ3) is 4.09. The van der Waals surface area contributed by atoms with Crippen LogP contribution in [-0.4, -0.2) is 60.6 Å². The lowest BCUT2D eigenvalue weighted by molar-refractivity contribution is -0.449. The molecule has 0 unspecified atom stereocenters. The van der Waals surface area contributed by atoms with Gasteiger partial charge in [0.1, 0.15) is 6.61 Å². The third-order valence-electron chi connectivity index (χ3n) is 3.24. The molecule has 19 heteroatoms. The number of alkyl halides is 18. The summed E-state index contributed by atoms with van der Waals surface area (Å²) < 4.78 is 233. The van der Waals surface area contributed by atoms with Crippen LogP contribution in [0.5, 0.6) is 0 Å². The van der Waals surface area contributed by atoms with E-state index in [-0.39, 0.29) is 0 Å². The minimum absolute atomic E-state index is 0.463. The molecule has 0 aromatic rings. The molecule has 0 fully saturated rings. The quantitative estimate of drug-likeness (QED) is 0.322. The summed E-state index contributed by atoms with van der Waals surface area (Å²) in [6.07, 6.45) is -10.8. The minimum atomic E-state index is -8.57. The van der Waals surface area contributed by atoms with Gasteiger partial charge in [-0.1, -0.05) is 0 Å². The van der Waals surface area contributed by atoms with Crippen molar-refractivity contribution in [2.75, 3.05) is 6.61 Å². The van der Waals surface area contributed by atoms with Gasteiger partial charge in [0.05, 0.1) is 0 Å². The van der Waals surface area contributed by atoms with Gasteiger partial charge in [0.15, 0.2) is 0 Å². The van der Waals surface area contributed by atoms with Crippen molar-refractivity contribution in [3.8, 4) is 0 Å². The fourth-order valence-electron chi connectivity index (χ4n) is 1.48. The van der Waals surface area contributed by atoms with Crippen molar-refractivity contribution in [2.24, 2.45) is 0 Å². The van der Waals surface area contributed by atoms with Crippen LogP contribution in [0.2, 0.25) is 0 Å². The monoisotopic (exact) mass is 496 g/mol. The Kier molecular flexibility index (Phi) is 7.07. The van der Waals surface area contributed by atoms with Gasteiger partial charge in [0.2, 0.25) is 0 Å². The van der Waals surface area contributed by atoms with Crippen molar-refractivity contribution >= 4 is 0 Å². The van der Waals surface area contributed by atoms with Gasteiger partial charge < -0.3 is 4.74 Å². The van der Waals surface area contributed by atoms with E-state index in [0.717, 1.165) is 0 Å². The molecule has 1 nitrogen and oxygen atoms in total. The second-order valence-electron chi connectivity index (χ2n) is 5.60. The third-order valence-corrected chi connectivity index (χ3v) is 3.24. The highest BCUT2D eigenvalue weighted by Crippen LogP contribution is 2.62. The first-order chi connectivity index (χ1) is 12.7. The Hall–Kier alpha value is -1.30. The zero-order valence-electron chi connectivity index (χ0n) is 13.5. The first-order valence-corrected chi connectivity index (χ1v) is 6.60. The van der Waals surface area contributed by atoms with E-state index >= 15 is 0 Å². The van der Waals surface area contributed by atoms with Crippen LogP contribution in [-0.2, 0) is 4.74 Å². The first-order valence-electron chi connectivity index (χ1n) is 6.60. The smallest absolute Gasteiger partial charge is 0.314 e. The molecule has 0 heterocycles. The molecule has 0 N–H and O–H groups in total. The average molecular weight is 496 g/mol.